The first kappa shape index (κ1) is 19.0. The predicted octanol–water partition coefficient (Wildman–Crippen LogP) is 4.92. The highest BCUT2D eigenvalue weighted by molar-refractivity contribution is 4.96. The summed E-state index contributed by atoms with van der Waals surface area (Å²) in [5.74, 6) is 2.01. The van der Waals surface area contributed by atoms with Crippen LogP contribution in [0.2, 0.25) is 0 Å². The Morgan fingerprint density at radius 3 is 2.38 bits per heavy atom. The highest BCUT2D eigenvalue weighted by atomic mass is 16.3. The van der Waals surface area contributed by atoms with Gasteiger partial charge in [0.05, 0.1) is 5.60 Å². The van der Waals surface area contributed by atoms with Crippen LogP contribution < -0.4 is 0 Å². The largest absolute Gasteiger partial charge is 0.397 e. The summed E-state index contributed by atoms with van der Waals surface area (Å²) >= 11 is 0. The van der Waals surface area contributed by atoms with Crippen LogP contribution in [0.3, 0.4) is 0 Å². The van der Waals surface area contributed by atoms with E-state index in [-0.39, 0.29) is 6.61 Å². The topological polar surface area (TPSA) is 40.5 Å². The Balaban J connectivity index is 0.000000677. The molecule has 2 aliphatic rings. The van der Waals surface area contributed by atoms with Crippen LogP contribution in [-0.4, -0.2) is 22.4 Å². The maximum atomic E-state index is 9.75. The van der Waals surface area contributed by atoms with E-state index in [1.807, 2.05) is 13.8 Å². The highest BCUT2D eigenvalue weighted by Gasteiger charge is 2.46. The molecule has 0 saturated heterocycles. The van der Waals surface area contributed by atoms with Gasteiger partial charge in [-0.25, -0.2) is 0 Å². The van der Waals surface area contributed by atoms with E-state index in [0.717, 1.165) is 18.3 Å². The zero-order valence-electron chi connectivity index (χ0n) is 14.8. The molecule has 0 aromatic heterocycles. The quantitative estimate of drug-likeness (QED) is 0.707. The van der Waals surface area contributed by atoms with E-state index in [9.17, 15) is 5.11 Å². The second kappa shape index (κ2) is 8.53. The maximum absolute atomic E-state index is 9.75. The Morgan fingerprint density at radius 1 is 1.10 bits per heavy atom. The normalized spacial score (nSPS) is 32.3. The molecule has 0 aliphatic heterocycles. The van der Waals surface area contributed by atoms with Crippen molar-refractivity contribution in [1.82, 2.24) is 0 Å². The molecule has 126 valence electrons. The zero-order valence-corrected chi connectivity index (χ0v) is 14.8. The lowest BCUT2D eigenvalue weighted by Crippen LogP contribution is -2.31. The van der Waals surface area contributed by atoms with Crippen LogP contribution in [0, 0.1) is 17.3 Å². The predicted molar refractivity (Wildman–Crippen MR) is 90.3 cm³/mol. The summed E-state index contributed by atoms with van der Waals surface area (Å²) in [5, 5.41) is 17.3. The molecule has 3 unspecified atom stereocenters. The van der Waals surface area contributed by atoms with Crippen LogP contribution in [0.5, 0.6) is 0 Å². The molecule has 0 radical (unpaired) electrons. The molecule has 2 rings (SSSR count). The Bertz CT molecular complexity index is 282. The van der Waals surface area contributed by atoms with Crippen LogP contribution in [0.15, 0.2) is 0 Å². The fourth-order valence-corrected chi connectivity index (χ4v) is 4.60. The van der Waals surface area contributed by atoms with Crippen molar-refractivity contribution in [3.05, 3.63) is 0 Å². The molecule has 0 aromatic rings. The monoisotopic (exact) mass is 298 g/mol. The number of aliphatic hydroxyl groups is 2. The standard InChI is InChI=1S/C17H32O.C2H6O/c1-16(2,18)12-6-4-8-14-10-11-15-9-5-7-13-17(14,15)3;1-2-3/h14-15,18H,4-13H2,1-3H3;3H,2H2,1H3. The molecule has 3 atom stereocenters. The average molecular weight is 299 g/mol. The third-order valence-corrected chi connectivity index (χ3v) is 5.84. The molecular weight excluding hydrogens is 260 g/mol. The van der Waals surface area contributed by atoms with Gasteiger partial charge in [-0.3, -0.25) is 0 Å². The minimum absolute atomic E-state index is 0.250. The summed E-state index contributed by atoms with van der Waals surface area (Å²) in [5.41, 5.74) is 0.208. The number of aliphatic hydroxyl groups excluding tert-OH is 1. The minimum atomic E-state index is -0.465. The molecule has 2 heteroatoms. The molecule has 2 N–H and O–H groups in total. The molecule has 0 heterocycles. The van der Waals surface area contributed by atoms with Crippen molar-refractivity contribution in [1.29, 1.82) is 0 Å². The van der Waals surface area contributed by atoms with Crippen molar-refractivity contribution < 1.29 is 10.2 Å². The van der Waals surface area contributed by atoms with Gasteiger partial charge in [-0.2, -0.15) is 0 Å². The van der Waals surface area contributed by atoms with Gasteiger partial charge in [-0.15, -0.1) is 0 Å². The Hall–Kier alpha value is -0.0800. The molecule has 21 heavy (non-hydrogen) atoms. The van der Waals surface area contributed by atoms with E-state index in [1.165, 1.54) is 57.8 Å². The van der Waals surface area contributed by atoms with Gasteiger partial charge in [-0.1, -0.05) is 32.6 Å². The Kier molecular flexibility index (Phi) is 7.70. The fourth-order valence-electron chi connectivity index (χ4n) is 4.60. The minimum Gasteiger partial charge on any atom is -0.397 e. The molecule has 0 amide bonds. The summed E-state index contributed by atoms with van der Waals surface area (Å²) < 4.78 is 0. The molecule has 0 bridgehead atoms. The van der Waals surface area contributed by atoms with E-state index in [2.05, 4.69) is 6.92 Å². The number of fused-ring (bicyclic) bond motifs is 1. The van der Waals surface area contributed by atoms with Crippen LogP contribution >= 0.6 is 0 Å². The van der Waals surface area contributed by atoms with Crippen molar-refractivity contribution in [3.63, 3.8) is 0 Å². The fraction of sp³-hybridized carbons (Fsp3) is 1.00. The second-order valence-corrected chi connectivity index (χ2v) is 8.10. The SMILES string of the molecule is CC(C)(O)CCCCC1CCC2CCCCC12C.CCO. The van der Waals surface area contributed by atoms with Gasteiger partial charge < -0.3 is 10.2 Å². The highest BCUT2D eigenvalue weighted by Crippen LogP contribution is 2.56. The third-order valence-electron chi connectivity index (χ3n) is 5.84. The lowest BCUT2D eigenvalue weighted by molar-refractivity contribution is 0.0642. The number of hydrogen-bond donors (Lipinski definition) is 2. The van der Waals surface area contributed by atoms with Gasteiger partial charge in [0.2, 0.25) is 0 Å². The van der Waals surface area contributed by atoms with Gasteiger partial charge in [0.1, 0.15) is 0 Å². The molecule has 2 fully saturated rings. The molecule has 2 nitrogen and oxygen atoms in total. The van der Waals surface area contributed by atoms with E-state index < -0.39 is 5.60 Å². The first-order chi connectivity index (χ1) is 9.83. The summed E-state index contributed by atoms with van der Waals surface area (Å²) in [6.07, 6.45) is 13.8. The van der Waals surface area contributed by atoms with E-state index in [4.69, 9.17) is 5.11 Å². The maximum Gasteiger partial charge on any atom is 0.0591 e. The van der Waals surface area contributed by atoms with Gasteiger partial charge in [-0.05, 0) is 76.5 Å². The number of rotatable bonds is 5. The zero-order chi connectivity index (χ0) is 15.9. The van der Waals surface area contributed by atoms with Gasteiger partial charge in [0.25, 0.3) is 0 Å². The number of hydrogen-bond acceptors (Lipinski definition) is 2. The summed E-state index contributed by atoms with van der Waals surface area (Å²) in [6.45, 7) is 8.37. The Morgan fingerprint density at radius 2 is 1.76 bits per heavy atom. The Labute approximate surface area is 132 Å². The van der Waals surface area contributed by atoms with Crippen LogP contribution in [-0.2, 0) is 0 Å². The molecule has 0 spiro atoms. The van der Waals surface area contributed by atoms with Gasteiger partial charge in [0.15, 0.2) is 0 Å². The number of unbranched alkanes of at least 4 members (excludes halogenated alkanes) is 1. The van der Waals surface area contributed by atoms with E-state index in [0.29, 0.717) is 5.41 Å². The van der Waals surface area contributed by atoms with E-state index in [1.54, 1.807) is 6.92 Å². The lowest BCUT2D eigenvalue weighted by atomic mass is 9.64. The van der Waals surface area contributed by atoms with Crippen LogP contribution in [0.1, 0.15) is 91.9 Å². The summed E-state index contributed by atoms with van der Waals surface area (Å²) in [4.78, 5) is 0. The summed E-state index contributed by atoms with van der Waals surface area (Å²) in [7, 11) is 0. The van der Waals surface area contributed by atoms with Crippen molar-refractivity contribution in [2.45, 2.75) is 97.5 Å². The van der Waals surface area contributed by atoms with Crippen molar-refractivity contribution in [2.75, 3.05) is 6.61 Å². The second-order valence-electron chi connectivity index (χ2n) is 8.10. The van der Waals surface area contributed by atoms with Gasteiger partial charge in [0, 0.05) is 6.61 Å². The smallest absolute Gasteiger partial charge is 0.0591 e. The average Bonchev–Trinajstić information content (AvgIpc) is 2.71. The van der Waals surface area contributed by atoms with Crippen molar-refractivity contribution >= 4 is 0 Å². The van der Waals surface area contributed by atoms with E-state index >= 15 is 0 Å². The molecule has 0 aromatic carbocycles. The third kappa shape index (κ3) is 5.90. The summed E-state index contributed by atoms with van der Waals surface area (Å²) in [6, 6.07) is 0. The first-order valence-corrected chi connectivity index (χ1v) is 9.16. The molecule has 2 saturated carbocycles. The van der Waals surface area contributed by atoms with Gasteiger partial charge >= 0.3 is 0 Å². The lowest BCUT2D eigenvalue weighted by Gasteiger charge is -2.41. The molecule has 2 aliphatic carbocycles. The van der Waals surface area contributed by atoms with Crippen LogP contribution in [0.4, 0.5) is 0 Å². The molecular formula is C19H38O2. The first-order valence-electron chi connectivity index (χ1n) is 9.16. The van der Waals surface area contributed by atoms with Crippen molar-refractivity contribution in [2.24, 2.45) is 17.3 Å². The van der Waals surface area contributed by atoms with Crippen molar-refractivity contribution in [3.8, 4) is 0 Å². The van der Waals surface area contributed by atoms with Crippen LogP contribution in [0.25, 0.3) is 0 Å².